The molecule has 0 amide bonds. The van der Waals surface area contributed by atoms with Crippen LogP contribution in [0.1, 0.15) is 102 Å². The minimum atomic E-state index is -0.664. The van der Waals surface area contributed by atoms with E-state index < -0.39 is 5.82 Å². The molecule has 3 aliphatic rings. The van der Waals surface area contributed by atoms with Gasteiger partial charge >= 0.3 is 5.97 Å². The first-order chi connectivity index (χ1) is 17.1. The summed E-state index contributed by atoms with van der Waals surface area (Å²) in [7, 11) is 0. The Morgan fingerprint density at radius 2 is 1.57 bits per heavy atom. The predicted molar refractivity (Wildman–Crippen MR) is 134 cm³/mol. The van der Waals surface area contributed by atoms with Gasteiger partial charge in [-0.15, -0.1) is 0 Å². The summed E-state index contributed by atoms with van der Waals surface area (Å²) in [5.74, 6) is 2.62. The molecule has 4 rings (SSSR count). The Morgan fingerprint density at radius 3 is 2.14 bits per heavy atom. The first kappa shape index (κ1) is 26.1. The number of rotatable bonds is 8. The number of benzene rings is 1. The SMILES string of the molecule is CCCC1CCC(C2CCC(COC3CCC(C(=O)Oc4ccc(C#N)c(F)c4)CC3)CC2)CC1. The Kier molecular flexibility index (Phi) is 9.60. The van der Waals surface area contributed by atoms with E-state index in [0.29, 0.717) is 5.92 Å². The summed E-state index contributed by atoms with van der Waals surface area (Å²) < 4.78 is 25.4. The average Bonchev–Trinajstić information content (AvgIpc) is 2.89. The molecule has 0 unspecified atom stereocenters. The van der Waals surface area contributed by atoms with E-state index in [1.165, 1.54) is 76.3 Å². The highest BCUT2D eigenvalue weighted by atomic mass is 19.1. The number of halogens is 1. The van der Waals surface area contributed by atoms with Crippen LogP contribution in [0, 0.1) is 46.7 Å². The second kappa shape index (κ2) is 12.9. The van der Waals surface area contributed by atoms with Gasteiger partial charge in [-0.05, 0) is 100 Å². The molecule has 0 N–H and O–H groups in total. The zero-order valence-electron chi connectivity index (χ0n) is 21.4. The minimum Gasteiger partial charge on any atom is -0.426 e. The van der Waals surface area contributed by atoms with Gasteiger partial charge in [0.2, 0.25) is 0 Å². The zero-order chi connectivity index (χ0) is 24.6. The fourth-order valence-corrected chi connectivity index (χ4v) is 6.77. The third kappa shape index (κ3) is 7.29. The van der Waals surface area contributed by atoms with Crippen molar-refractivity contribution in [2.24, 2.45) is 29.6 Å². The van der Waals surface area contributed by atoms with Gasteiger partial charge in [0, 0.05) is 12.7 Å². The summed E-state index contributed by atoms with van der Waals surface area (Å²) in [6.07, 6.45) is 17.5. The molecule has 1 aromatic carbocycles. The van der Waals surface area contributed by atoms with Crippen LogP contribution in [-0.4, -0.2) is 18.7 Å². The van der Waals surface area contributed by atoms with Crippen molar-refractivity contribution >= 4 is 5.97 Å². The molecular formula is C30H42FNO3. The number of ether oxygens (including phenoxy) is 2. The quantitative estimate of drug-likeness (QED) is 0.282. The van der Waals surface area contributed by atoms with Crippen molar-refractivity contribution < 1.29 is 18.7 Å². The largest absolute Gasteiger partial charge is 0.426 e. The lowest BCUT2D eigenvalue weighted by atomic mass is 9.69. The van der Waals surface area contributed by atoms with Crippen LogP contribution in [0.3, 0.4) is 0 Å². The Hall–Kier alpha value is -1.93. The molecule has 3 saturated carbocycles. The molecule has 0 atom stereocenters. The predicted octanol–water partition coefficient (Wildman–Crippen LogP) is 7.59. The van der Waals surface area contributed by atoms with Crippen LogP contribution in [-0.2, 0) is 9.53 Å². The van der Waals surface area contributed by atoms with Crippen molar-refractivity contribution in [3.8, 4) is 11.8 Å². The lowest BCUT2D eigenvalue weighted by molar-refractivity contribution is -0.141. The molecule has 0 bridgehead atoms. The molecular weight excluding hydrogens is 441 g/mol. The fourth-order valence-electron chi connectivity index (χ4n) is 6.77. The molecule has 3 aliphatic carbocycles. The Balaban J connectivity index is 1.11. The molecule has 192 valence electrons. The second-order valence-corrected chi connectivity index (χ2v) is 11.3. The van der Waals surface area contributed by atoms with E-state index in [9.17, 15) is 9.18 Å². The molecule has 0 radical (unpaired) electrons. The van der Waals surface area contributed by atoms with Crippen molar-refractivity contribution in [1.82, 2.24) is 0 Å². The number of esters is 1. The van der Waals surface area contributed by atoms with Crippen LogP contribution < -0.4 is 4.74 Å². The number of carbonyl (C=O) groups is 1. The van der Waals surface area contributed by atoms with E-state index in [0.717, 1.165) is 56.1 Å². The fraction of sp³-hybridized carbons (Fsp3) is 0.733. The summed E-state index contributed by atoms with van der Waals surface area (Å²) in [5.41, 5.74) is -0.0505. The van der Waals surface area contributed by atoms with Crippen LogP contribution in [0.5, 0.6) is 5.75 Å². The normalized spacial score (nSPS) is 31.5. The van der Waals surface area contributed by atoms with Crippen LogP contribution in [0.2, 0.25) is 0 Å². The maximum Gasteiger partial charge on any atom is 0.314 e. The maximum atomic E-state index is 13.8. The van der Waals surface area contributed by atoms with Crippen molar-refractivity contribution in [2.75, 3.05) is 6.61 Å². The topological polar surface area (TPSA) is 59.3 Å². The van der Waals surface area contributed by atoms with Gasteiger partial charge in [-0.3, -0.25) is 4.79 Å². The summed E-state index contributed by atoms with van der Waals surface area (Å²) in [5, 5.41) is 8.83. The number of carbonyl (C=O) groups excluding carboxylic acids is 1. The smallest absolute Gasteiger partial charge is 0.314 e. The molecule has 5 heteroatoms. The van der Waals surface area contributed by atoms with Gasteiger partial charge in [-0.1, -0.05) is 32.6 Å². The van der Waals surface area contributed by atoms with E-state index in [2.05, 4.69) is 6.92 Å². The highest BCUT2D eigenvalue weighted by Crippen LogP contribution is 2.42. The third-order valence-electron chi connectivity index (χ3n) is 9.00. The molecule has 0 aliphatic heterocycles. The molecule has 1 aromatic rings. The molecule has 0 spiro atoms. The Morgan fingerprint density at radius 1 is 0.943 bits per heavy atom. The van der Waals surface area contributed by atoms with Crippen molar-refractivity contribution in [1.29, 1.82) is 5.26 Å². The van der Waals surface area contributed by atoms with E-state index in [1.54, 1.807) is 6.07 Å². The van der Waals surface area contributed by atoms with Crippen molar-refractivity contribution in [3.05, 3.63) is 29.6 Å². The standard InChI is InChI=1S/C30H42FNO3/c1-2-3-21-4-8-23(9-5-21)24-10-6-22(7-11-24)20-34-27-15-12-25(13-16-27)30(33)35-28-17-14-26(19-32)29(31)18-28/h14,17-18,21-25,27H,2-13,15-16,20H2,1H3. The summed E-state index contributed by atoms with van der Waals surface area (Å²) >= 11 is 0. The number of hydrogen-bond acceptors (Lipinski definition) is 4. The summed E-state index contributed by atoms with van der Waals surface area (Å²) in [6, 6.07) is 5.69. The zero-order valence-corrected chi connectivity index (χ0v) is 21.4. The molecule has 3 fully saturated rings. The van der Waals surface area contributed by atoms with Gasteiger partial charge < -0.3 is 9.47 Å². The van der Waals surface area contributed by atoms with Crippen LogP contribution in [0.4, 0.5) is 4.39 Å². The molecule has 0 aromatic heterocycles. The maximum absolute atomic E-state index is 13.8. The van der Waals surface area contributed by atoms with Crippen molar-refractivity contribution in [3.63, 3.8) is 0 Å². The number of nitrogens with zero attached hydrogens (tertiary/aromatic N) is 1. The first-order valence-electron chi connectivity index (χ1n) is 14.1. The first-order valence-corrected chi connectivity index (χ1v) is 14.1. The van der Waals surface area contributed by atoms with Gasteiger partial charge in [0.1, 0.15) is 17.6 Å². The van der Waals surface area contributed by atoms with Gasteiger partial charge in [0.05, 0.1) is 17.6 Å². The van der Waals surface area contributed by atoms with Gasteiger partial charge in [0.25, 0.3) is 0 Å². The summed E-state index contributed by atoms with van der Waals surface area (Å²) in [4.78, 5) is 12.5. The highest BCUT2D eigenvalue weighted by Gasteiger charge is 2.32. The van der Waals surface area contributed by atoms with E-state index in [4.69, 9.17) is 14.7 Å². The third-order valence-corrected chi connectivity index (χ3v) is 9.00. The highest BCUT2D eigenvalue weighted by molar-refractivity contribution is 5.75. The number of hydrogen-bond donors (Lipinski definition) is 0. The summed E-state index contributed by atoms with van der Waals surface area (Å²) in [6.45, 7) is 3.18. The lowest BCUT2D eigenvalue weighted by Gasteiger charge is -2.38. The van der Waals surface area contributed by atoms with Crippen LogP contribution >= 0.6 is 0 Å². The molecule has 0 saturated heterocycles. The van der Waals surface area contributed by atoms with E-state index in [-0.39, 0.29) is 29.3 Å². The van der Waals surface area contributed by atoms with Gasteiger partial charge in [-0.2, -0.15) is 5.26 Å². The average molecular weight is 484 g/mol. The van der Waals surface area contributed by atoms with E-state index >= 15 is 0 Å². The number of nitriles is 1. The van der Waals surface area contributed by atoms with Crippen molar-refractivity contribution in [2.45, 2.75) is 103 Å². The molecule has 4 nitrogen and oxygen atoms in total. The molecule has 35 heavy (non-hydrogen) atoms. The van der Waals surface area contributed by atoms with Crippen LogP contribution in [0.25, 0.3) is 0 Å². The van der Waals surface area contributed by atoms with Crippen LogP contribution in [0.15, 0.2) is 18.2 Å². The Labute approximate surface area is 210 Å². The molecule has 0 heterocycles. The van der Waals surface area contributed by atoms with Gasteiger partial charge in [-0.25, -0.2) is 4.39 Å². The lowest BCUT2D eigenvalue weighted by Crippen LogP contribution is -2.31. The second-order valence-electron chi connectivity index (χ2n) is 11.3. The minimum absolute atomic E-state index is 0.0505. The van der Waals surface area contributed by atoms with Gasteiger partial charge in [0.15, 0.2) is 0 Å². The Bertz CT molecular complexity index is 857. The van der Waals surface area contributed by atoms with E-state index in [1.807, 2.05) is 0 Å². The monoisotopic (exact) mass is 483 g/mol.